The van der Waals surface area contributed by atoms with E-state index < -0.39 is 0 Å². The first-order valence-corrected chi connectivity index (χ1v) is 9.42. The monoisotopic (exact) mass is 357 g/mol. The Hall–Kier alpha value is -3.14. The van der Waals surface area contributed by atoms with Crippen LogP contribution in [-0.2, 0) is 11.3 Å². The van der Waals surface area contributed by atoms with Crippen LogP contribution in [0.3, 0.4) is 0 Å². The molecule has 3 aromatic rings. The van der Waals surface area contributed by atoms with Crippen LogP contribution >= 0.6 is 0 Å². The van der Waals surface area contributed by atoms with Crippen molar-refractivity contribution in [2.24, 2.45) is 5.92 Å². The second kappa shape index (κ2) is 8.04. The molecule has 136 valence electrons. The lowest BCUT2D eigenvalue weighted by atomic mass is 10.0. The zero-order chi connectivity index (χ0) is 18.5. The smallest absolute Gasteiger partial charge is 0.220 e. The molecule has 4 rings (SSSR count). The van der Waals surface area contributed by atoms with Gasteiger partial charge in [0, 0.05) is 30.3 Å². The fraction of sp³-hybridized carbons (Fsp3) is 0.217. The highest BCUT2D eigenvalue weighted by atomic mass is 16.1. The molecule has 4 heteroatoms. The van der Waals surface area contributed by atoms with Crippen LogP contribution in [0.2, 0.25) is 0 Å². The summed E-state index contributed by atoms with van der Waals surface area (Å²) in [5.74, 6) is 0.476. The Kier molecular flexibility index (Phi) is 5.15. The van der Waals surface area contributed by atoms with Crippen molar-refractivity contribution in [3.05, 3.63) is 84.6 Å². The summed E-state index contributed by atoms with van der Waals surface area (Å²) in [5, 5.41) is 7.86. The van der Waals surface area contributed by atoms with E-state index in [2.05, 4.69) is 17.5 Å². The maximum Gasteiger partial charge on any atom is 0.220 e. The van der Waals surface area contributed by atoms with Crippen LogP contribution in [0.25, 0.3) is 16.9 Å². The van der Waals surface area contributed by atoms with Crippen LogP contribution in [0, 0.1) is 5.92 Å². The zero-order valence-electron chi connectivity index (χ0n) is 15.2. The summed E-state index contributed by atoms with van der Waals surface area (Å²) in [7, 11) is 0. The highest BCUT2D eigenvalue weighted by molar-refractivity contribution is 5.77. The van der Waals surface area contributed by atoms with E-state index in [1.165, 1.54) is 0 Å². The molecule has 0 bridgehead atoms. The number of nitrogens with zero attached hydrogens (tertiary/aromatic N) is 2. The minimum Gasteiger partial charge on any atom is -0.352 e. The summed E-state index contributed by atoms with van der Waals surface area (Å²) >= 11 is 0. The first-order valence-electron chi connectivity index (χ1n) is 9.42. The van der Waals surface area contributed by atoms with Crippen LogP contribution < -0.4 is 5.32 Å². The molecule has 0 aliphatic heterocycles. The van der Waals surface area contributed by atoms with Crippen molar-refractivity contribution < 1.29 is 4.79 Å². The van der Waals surface area contributed by atoms with Crippen molar-refractivity contribution in [1.82, 2.24) is 15.1 Å². The molecule has 1 N–H and O–H groups in total. The number of hydrogen-bond donors (Lipinski definition) is 1. The lowest BCUT2D eigenvalue weighted by molar-refractivity contribution is -0.121. The summed E-state index contributed by atoms with van der Waals surface area (Å²) in [6.45, 7) is 0.479. The van der Waals surface area contributed by atoms with Gasteiger partial charge in [0.15, 0.2) is 0 Å². The lowest BCUT2D eigenvalue weighted by Crippen LogP contribution is -2.24. The van der Waals surface area contributed by atoms with Crippen molar-refractivity contribution in [2.45, 2.75) is 25.8 Å². The Morgan fingerprint density at radius 2 is 1.81 bits per heavy atom. The second-order valence-corrected chi connectivity index (χ2v) is 6.90. The van der Waals surface area contributed by atoms with Crippen LogP contribution in [0.5, 0.6) is 0 Å². The van der Waals surface area contributed by atoms with Gasteiger partial charge in [-0.15, -0.1) is 0 Å². The van der Waals surface area contributed by atoms with E-state index in [9.17, 15) is 4.79 Å². The molecule has 1 amide bonds. The summed E-state index contributed by atoms with van der Waals surface area (Å²) in [5.41, 5.74) is 3.97. The Balaban J connectivity index is 1.55. The molecular weight excluding hydrogens is 334 g/mol. The van der Waals surface area contributed by atoms with E-state index in [0.717, 1.165) is 35.3 Å². The average Bonchev–Trinajstić information content (AvgIpc) is 3.37. The van der Waals surface area contributed by atoms with Crippen LogP contribution in [-0.4, -0.2) is 15.7 Å². The number of hydrogen-bond acceptors (Lipinski definition) is 2. The van der Waals surface area contributed by atoms with E-state index in [4.69, 9.17) is 5.10 Å². The molecule has 1 aliphatic carbocycles. The molecule has 1 atom stereocenters. The van der Waals surface area contributed by atoms with Crippen molar-refractivity contribution in [1.29, 1.82) is 0 Å². The number of carbonyl (C=O) groups excluding carboxylic acids is 1. The van der Waals surface area contributed by atoms with Crippen LogP contribution in [0.4, 0.5) is 0 Å². The SMILES string of the molecule is O=C(CC1C=CCC1)NCc1cn(-c2ccccc2)nc1-c1ccccc1. The highest BCUT2D eigenvalue weighted by Crippen LogP contribution is 2.24. The van der Waals surface area contributed by atoms with Gasteiger partial charge in [0.1, 0.15) is 0 Å². The van der Waals surface area contributed by atoms with Gasteiger partial charge in [-0.3, -0.25) is 4.79 Å². The highest BCUT2D eigenvalue weighted by Gasteiger charge is 2.16. The van der Waals surface area contributed by atoms with E-state index in [1.54, 1.807) is 0 Å². The van der Waals surface area contributed by atoms with Gasteiger partial charge < -0.3 is 5.32 Å². The molecule has 0 saturated carbocycles. The largest absolute Gasteiger partial charge is 0.352 e. The first-order chi connectivity index (χ1) is 13.3. The normalized spacial score (nSPS) is 15.8. The maximum atomic E-state index is 12.3. The quantitative estimate of drug-likeness (QED) is 0.660. The Morgan fingerprint density at radius 1 is 1.07 bits per heavy atom. The third-order valence-electron chi connectivity index (χ3n) is 4.89. The van der Waals surface area contributed by atoms with Crippen molar-refractivity contribution in [2.75, 3.05) is 0 Å². The van der Waals surface area contributed by atoms with Crippen LogP contribution in [0.1, 0.15) is 24.8 Å². The van der Waals surface area contributed by atoms with Gasteiger partial charge in [-0.25, -0.2) is 4.68 Å². The topological polar surface area (TPSA) is 46.9 Å². The van der Waals surface area contributed by atoms with Gasteiger partial charge in [-0.1, -0.05) is 60.7 Å². The third-order valence-corrected chi connectivity index (χ3v) is 4.89. The van der Waals surface area contributed by atoms with Crippen LogP contribution in [0.15, 0.2) is 79.0 Å². The summed E-state index contributed by atoms with van der Waals surface area (Å²) in [6, 6.07) is 20.1. The van der Waals surface area contributed by atoms with E-state index in [1.807, 2.05) is 71.5 Å². The summed E-state index contributed by atoms with van der Waals surface area (Å²) in [6.07, 6.45) is 9.05. The number of para-hydroxylation sites is 1. The molecule has 0 fully saturated rings. The fourth-order valence-corrected chi connectivity index (χ4v) is 3.46. The van der Waals surface area contributed by atoms with E-state index >= 15 is 0 Å². The predicted molar refractivity (Wildman–Crippen MR) is 107 cm³/mol. The van der Waals surface area contributed by atoms with Crippen molar-refractivity contribution in [3.8, 4) is 16.9 Å². The van der Waals surface area contributed by atoms with Gasteiger partial charge in [-0.05, 0) is 30.9 Å². The number of aromatic nitrogens is 2. The van der Waals surface area contributed by atoms with Gasteiger partial charge in [0.2, 0.25) is 5.91 Å². The summed E-state index contributed by atoms with van der Waals surface area (Å²) < 4.78 is 1.88. The summed E-state index contributed by atoms with van der Waals surface area (Å²) in [4.78, 5) is 12.3. The first kappa shape index (κ1) is 17.3. The number of nitrogens with one attached hydrogen (secondary N) is 1. The van der Waals surface area contributed by atoms with E-state index in [-0.39, 0.29) is 5.91 Å². The van der Waals surface area contributed by atoms with Gasteiger partial charge in [-0.2, -0.15) is 5.10 Å². The molecular formula is C23H23N3O. The minimum absolute atomic E-state index is 0.0954. The molecule has 0 saturated heterocycles. The molecule has 4 nitrogen and oxygen atoms in total. The third kappa shape index (κ3) is 4.17. The zero-order valence-corrected chi connectivity index (χ0v) is 15.2. The number of amides is 1. The fourth-order valence-electron chi connectivity index (χ4n) is 3.46. The second-order valence-electron chi connectivity index (χ2n) is 6.90. The molecule has 1 aliphatic rings. The Morgan fingerprint density at radius 3 is 2.52 bits per heavy atom. The number of benzene rings is 2. The number of carbonyl (C=O) groups is 1. The van der Waals surface area contributed by atoms with Gasteiger partial charge >= 0.3 is 0 Å². The standard InChI is InChI=1S/C23H23N3O/c27-22(15-18-9-7-8-10-18)24-16-20-17-26(21-13-5-2-6-14-21)25-23(20)19-11-3-1-4-12-19/h1-7,9,11-14,17-18H,8,10,15-16H2,(H,24,27). The molecule has 1 aromatic heterocycles. The molecule has 27 heavy (non-hydrogen) atoms. The maximum absolute atomic E-state index is 12.3. The molecule has 0 spiro atoms. The van der Waals surface area contributed by atoms with Crippen molar-refractivity contribution in [3.63, 3.8) is 0 Å². The van der Waals surface area contributed by atoms with Gasteiger partial charge in [0.05, 0.1) is 11.4 Å². The molecule has 1 unspecified atom stereocenters. The molecule has 0 radical (unpaired) electrons. The van der Waals surface area contributed by atoms with E-state index in [0.29, 0.717) is 18.9 Å². The Labute approximate surface area is 159 Å². The predicted octanol–water partition coefficient (Wildman–Crippen LogP) is 4.51. The number of rotatable bonds is 6. The lowest BCUT2D eigenvalue weighted by Gasteiger charge is -2.09. The average molecular weight is 357 g/mol. The van der Waals surface area contributed by atoms with Crippen molar-refractivity contribution >= 4 is 5.91 Å². The van der Waals surface area contributed by atoms with Gasteiger partial charge in [0.25, 0.3) is 0 Å². The number of allylic oxidation sites excluding steroid dienone is 2. The molecule has 1 heterocycles. The minimum atomic E-state index is 0.0954. The molecule has 2 aromatic carbocycles. The Bertz CT molecular complexity index is 929.